The number of benzene rings is 2. The van der Waals surface area contributed by atoms with Crippen LogP contribution in [0.5, 0.6) is 5.75 Å². The standard InChI is InChI=1S/C21H26N2O4S/c1-3-4-13-27-19-9-6-17(7-10-19)21(24)22-20-11-8-18(15-16(20)2)23-12-5-14-28(23,25)26/h6-11,15H,3-5,12-14H2,1-2H3,(H,22,24). The Morgan fingerprint density at radius 1 is 1.18 bits per heavy atom. The van der Waals surface area contributed by atoms with Crippen molar-refractivity contribution in [3.63, 3.8) is 0 Å². The summed E-state index contributed by atoms with van der Waals surface area (Å²) in [6, 6.07) is 12.3. The lowest BCUT2D eigenvalue weighted by Crippen LogP contribution is -2.25. The Labute approximate surface area is 166 Å². The number of unbranched alkanes of at least 4 members (excludes halogenated alkanes) is 1. The zero-order valence-electron chi connectivity index (χ0n) is 16.3. The number of nitrogens with one attached hydrogen (secondary N) is 1. The summed E-state index contributed by atoms with van der Waals surface area (Å²) in [5.41, 5.74) is 2.65. The maximum atomic E-state index is 12.5. The van der Waals surface area contributed by atoms with Gasteiger partial charge in [-0.2, -0.15) is 0 Å². The van der Waals surface area contributed by atoms with Gasteiger partial charge in [-0.05, 0) is 67.8 Å². The van der Waals surface area contributed by atoms with Crippen LogP contribution >= 0.6 is 0 Å². The van der Waals surface area contributed by atoms with Gasteiger partial charge in [-0.3, -0.25) is 9.10 Å². The van der Waals surface area contributed by atoms with E-state index in [1.807, 2.05) is 6.92 Å². The Hall–Kier alpha value is -2.54. The molecular weight excluding hydrogens is 376 g/mol. The molecule has 1 amide bonds. The Kier molecular flexibility index (Phi) is 6.24. The van der Waals surface area contributed by atoms with Gasteiger partial charge in [-0.25, -0.2) is 8.42 Å². The van der Waals surface area contributed by atoms with E-state index < -0.39 is 10.0 Å². The summed E-state index contributed by atoms with van der Waals surface area (Å²) in [7, 11) is -3.21. The Morgan fingerprint density at radius 3 is 2.54 bits per heavy atom. The van der Waals surface area contributed by atoms with Crippen LogP contribution in [0.4, 0.5) is 11.4 Å². The molecule has 0 spiro atoms. The smallest absolute Gasteiger partial charge is 0.255 e. The molecule has 6 nitrogen and oxygen atoms in total. The molecule has 1 fully saturated rings. The van der Waals surface area contributed by atoms with Gasteiger partial charge >= 0.3 is 0 Å². The number of rotatable bonds is 7. The number of carbonyl (C=O) groups excluding carboxylic acids is 1. The highest BCUT2D eigenvalue weighted by atomic mass is 32.2. The second-order valence-electron chi connectivity index (χ2n) is 6.92. The van der Waals surface area contributed by atoms with Gasteiger partial charge < -0.3 is 10.1 Å². The fourth-order valence-electron chi connectivity index (χ4n) is 3.10. The average Bonchev–Trinajstić information content (AvgIpc) is 3.03. The minimum Gasteiger partial charge on any atom is -0.494 e. The number of anilines is 2. The van der Waals surface area contributed by atoms with Gasteiger partial charge in [0.2, 0.25) is 10.0 Å². The van der Waals surface area contributed by atoms with Gasteiger partial charge in [0.05, 0.1) is 18.0 Å². The minimum absolute atomic E-state index is 0.183. The highest BCUT2D eigenvalue weighted by Gasteiger charge is 2.28. The zero-order chi connectivity index (χ0) is 20.1. The van der Waals surface area contributed by atoms with E-state index in [0.717, 1.165) is 24.2 Å². The summed E-state index contributed by atoms with van der Waals surface area (Å²) in [6.07, 6.45) is 2.70. The number of carbonyl (C=O) groups is 1. The highest BCUT2D eigenvalue weighted by molar-refractivity contribution is 7.93. The normalized spacial score (nSPS) is 15.4. The second kappa shape index (κ2) is 8.65. The van der Waals surface area contributed by atoms with E-state index in [1.54, 1.807) is 42.5 Å². The van der Waals surface area contributed by atoms with E-state index in [2.05, 4.69) is 12.2 Å². The molecule has 1 N–H and O–H groups in total. The second-order valence-corrected chi connectivity index (χ2v) is 8.93. The third-order valence-corrected chi connectivity index (χ3v) is 6.60. The van der Waals surface area contributed by atoms with Crippen molar-refractivity contribution in [2.24, 2.45) is 0 Å². The van der Waals surface area contributed by atoms with Crippen LogP contribution in [0.25, 0.3) is 0 Å². The third-order valence-electron chi connectivity index (χ3n) is 4.73. The predicted octanol–water partition coefficient (Wildman–Crippen LogP) is 3.97. The van der Waals surface area contributed by atoms with Gasteiger partial charge in [0, 0.05) is 17.8 Å². The largest absolute Gasteiger partial charge is 0.494 e. The molecule has 1 aliphatic heterocycles. The van der Waals surface area contributed by atoms with Crippen molar-refractivity contribution >= 4 is 27.3 Å². The Morgan fingerprint density at radius 2 is 1.93 bits per heavy atom. The summed E-state index contributed by atoms with van der Waals surface area (Å²) in [5, 5.41) is 2.89. The fraction of sp³-hybridized carbons (Fsp3) is 0.381. The molecule has 2 aromatic carbocycles. The monoisotopic (exact) mass is 402 g/mol. The lowest BCUT2D eigenvalue weighted by atomic mass is 10.1. The van der Waals surface area contributed by atoms with Crippen molar-refractivity contribution in [2.45, 2.75) is 33.1 Å². The van der Waals surface area contributed by atoms with Gasteiger partial charge in [0.1, 0.15) is 5.75 Å². The number of sulfonamides is 1. The molecule has 1 aliphatic rings. The summed E-state index contributed by atoms with van der Waals surface area (Å²) in [4.78, 5) is 12.5. The summed E-state index contributed by atoms with van der Waals surface area (Å²) in [5.74, 6) is 0.713. The predicted molar refractivity (Wildman–Crippen MR) is 112 cm³/mol. The van der Waals surface area contributed by atoms with Gasteiger partial charge in [0.25, 0.3) is 5.91 Å². The van der Waals surface area contributed by atoms with Crippen LogP contribution in [-0.2, 0) is 10.0 Å². The molecular formula is C21H26N2O4S. The van der Waals surface area contributed by atoms with E-state index in [1.165, 1.54) is 4.31 Å². The van der Waals surface area contributed by atoms with E-state index in [9.17, 15) is 13.2 Å². The van der Waals surface area contributed by atoms with Crippen LogP contribution in [0.15, 0.2) is 42.5 Å². The van der Waals surface area contributed by atoms with Crippen molar-refractivity contribution < 1.29 is 17.9 Å². The molecule has 0 radical (unpaired) electrons. The molecule has 0 unspecified atom stereocenters. The first-order valence-corrected chi connectivity index (χ1v) is 11.2. The summed E-state index contributed by atoms with van der Waals surface area (Å²) < 4.78 is 31.2. The molecule has 2 aromatic rings. The molecule has 7 heteroatoms. The number of hydrogen-bond acceptors (Lipinski definition) is 4. The van der Waals surface area contributed by atoms with Crippen LogP contribution in [0.1, 0.15) is 42.1 Å². The SMILES string of the molecule is CCCCOc1ccc(C(=O)Nc2ccc(N3CCCS3(=O)=O)cc2C)cc1. The van der Waals surface area contributed by atoms with Crippen LogP contribution in [-0.4, -0.2) is 33.2 Å². The zero-order valence-corrected chi connectivity index (χ0v) is 17.1. The minimum atomic E-state index is -3.21. The molecule has 0 atom stereocenters. The lowest BCUT2D eigenvalue weighted by Gasteiger charge is -2.18. The number of aryl methyl sites for hydroxylation is 1. The summed E-state index contributed by atoms with van der Waals surface area (Å²) >= 11 is 0. The van der Waals surface area contributed by atoms with Crippen molar-refractivity contribution in [2.75, 3.05) is 28.5 Å². The molecule has 0 aromatic heterocycles. The molecule has 150 valence electrons. The number of nitrogens with zero attached hydrogens (tertiary/aromatic N) is 1. The van der Waals surface area contributed by atoms with E-state index in [4.69, 9.17) is 4.74 Å². The van der Waals surface area contributed by atoms with E-state index in [-0.39, 0.29) is 11.7 Å². The first-order valence-electron chi connectivity index (χ1n) is 9.56. The topological polar surface area (TPSA) is 75.7 Å². The lowest BCUT2D eigenvalue weighted by molar-refractivity contribution is 0.102. The first-order chi connectivity index (χ1) is 13.4. The molecule has 3 rings (SSSR count). The van der Waals surface area contributed by atoms with Crippen molar-refractivity contribution in [3.05, 3.63) is 53.6 Å². The van der Waals surface area contributed by atoms with Crippen LogP contribution in [0, 0.1) is 6.92 Å². The van der Waals surface area contributed by atoms with E-state index >= 15 is 0 Å². The summed E-state index contributed by atoms with van der Waals surface area (Å²) in [6.45, 7) is 5.13. The molecule has 0 bridgehead atoms. The van der Waals surface area contributed by atoms with Crippen molar-refractivity contribution in [1.82, 2.24) is 0 Å². The molecule has 1 saturated heterocycles. The third kappa shape index (κ3) is 4.65. The van der Waals surface area contributed by atoms with Crippen LogP contribution < -0.4 is 14.4 Å². The van der Waals surface area contributed by atoms with Gasteiger partial charge in [-0.1, -0.05) is 13.3 Å². The van der Waals surface area contributed by atoms with Crippen molar-refractivity contribution in [3.8, 4) is 5.75 Å². The van der Waals surface area contributed by atoms with Gasteiger partial charge in [-0.15, -0.1) is 0 Å². The quantitative estimate of drug-likeness (QED) is 0.711. The van der Waals surface area contributed by atoms with E-state index in [0.29, 0.717) is 36.5 Å². The average molecular weight is 403 g/mol. The molecule has 1 heterocycles. The van der Waals surface area contributed by atoms with Crippen molar-refractivity contribution in [1.29, 1.82) is 0 Å². The Bertz CT molecular complexity index is 939. The fourth-order valence-corrected chi connectivity index (χ4v) is 4.66. The maximum absolute atomic E-state index is 12.5. The molecule has 0 aliphatic carbocycles. The van der Waals surface area contributed by atoms with Crippen LogP contribution in [0.2, 0.25) is 0 Å². The number of ether oxygens (including phenoxy) is 1. The first kappa shape index (κ1) is 20.2. The van der Waals surface area contributed by atoms with Gasteiger partial charge in [0.15, 0.2) is 0 Å². The molecule has 28 heavy (non-hydrogen) atoms. The Balaban J connectivity index is 1.67. The molecule has 0 saturated carbocycles. The van der Waals surface area contributed by atoms with Crippen LogP contribution in [0.3, 0.4) is 0 Å². The number of hydrogen-bond donors (Lipinski definition) is 1. The highest BCUT2D eigenvalue weighted by Crippen LogP contribution is 2.28. The number of amides is 1. The maximum Gasteiger partial charge on any atom is 0.255 e.